The highest BCUT2D eigenvalue weighted by molar-refractivity contribution is 5.76. The van der Waals surface area contributed by atoms with E-state index in [0.29, 0.717) is 6.07 Å². The lowest BCUT2D eigenvalue weighted by Gasteiger charge is -2.13. The Kier molecular flexibility index (Phi) is 4.47. The predicted molar refractivity (Wildman–Crippen MR) is 57.0 cm³/mol. The summed E-state index contributed by atoms with van der Waals surface area (Å²) >= 11 is 0. The predicted octanol–water partition coefficient (Wildman–Crippen LogP) is 2.88. The maximum Gasteiger partial charge on any atom is 0.303 e. The molecule has 0 spiro atoms. The fourth-order valence-electron chi connectivity index (χ4n) is 1.60. The minimum atomic E-state index is -1.53. The van der Waals surface area contributed by atoms with Crippen molar-refractivity contribution in [3.63, 3.8) is 0 Å². The Morgan fingerprint density at radius 1 is 1.39 bits per heavy atom. The van der Waals surface area contributed by atoms with Gasteiger partial charge in [0.05, 0.1) is 5.56 Å². The average Bonchev–Trinajstić information content (AvgIpc) is 2.31. The van der Waals surface area contributed by atoms with Crippen LogP contribution in [0.5, 0.6) is 0 Å². The van der Waals surface area contributed by atoms with Gasteiger partial charge in [0.15, 0.2) is 17.9 Å². The Labute approximate surface area is 101 Å². The van der Waals surface area contributed by atoms with Crippen LogP contribution in [0.4, 0.5) is 13.2 Å². The maximum absolute atomic E-state index is 13.7. The standard InChI is InChI=1S/C12H11F3O3/c1-6(2-3-10(17)18)7-4-9(13)12(15)8(5-16)11(7)14/h4-6H,2-3H2,1H3,(H,17,18). The second kappa shape index (κ2) is 5.66. The summed E-state index contributed by atoms with van der Waals surface area (Å²) in [6.45, 7) is 1.48. The SMILES string of the molecule is CC(CCC(=O)O)c1cc(F)c(F)c(C=O)c1F. The molecule has 3 nitrogen and oxygen atoms in total. The summed E-state index contributed by atoms with van der Waals surface area (Å²) in [7, 11) is 0. The van der Waals surface area contributed by atoms with Gasteiger partial charge >= 0.3 is 5.97 Å². The van der Waals surface area contributed by atoms with Crippen LogP contribution in [0.25, 0.3) is 0 Å². The molecule has 0 aliphatic heterocycles. The largest absolute Gasteiger partial charge is 0.481 e. The maximum atomic E-state index is 13.7. The quantitative estimate of drug-likeness (QED) is 0.654. The van der Waals surface area contributed by atoms with Crippen molar-refractivity contribution in [1.29, 1.82) is 0 Å². The summed E-state index contributed by atoms with van der Waals surface area (Å²) in [5.74, 6) is -5.69. The van der Waals surface area contributed by atoms with Gasteiger partial charge in [-0.1, -0.05) is 6.92 Å². The van der Waals surface area contributed by atoms with Gasteiger partial charge in [-0.15, -0.1) is 0 Å². The second-order valence-electron chi connectivity index (χ2n) is 3.94. The number of aliphatic carboxylic acids is 1. The van der Waals surface area contributed by atoms with Gasteiger partial charge in [0, 0.05) is 6.42 Å². The first-order chi connectivity index (χ1) is 8.38. The van der Waals surface area contributed by atoms with Gasteiger partial charge in [-0.2, -0.15) is 0 Å². The Hall–Kier alpha value is -1.85. The number of rotatable bonds is 5. The molecule has 0 saturated heterocycles. The highest BCUT2D eigenvalue weighted by Crippen LogP contribution is 2.27. The van der Waals surface area contributed by atoms with Crippen LogP contribution in [0.3, 0.4) is 0 Å². The molecule has 98 valence electrons. The molecular weight excluding hydrogens is 249 g/mol. The highest BCUT2D eigenvalue weighted by atomic mass is 19.2. The van der Waals surface area contributed by atoms with Gasteiger partial charge < -0.3 is 5.11 Å². The van der Waals surface area contributed by atoms with Gasteiger partial charge in [-0.25, -0.2) is 13.2 Å². The number of carbonyl (C=O) groups is 2. The van der Waals surface area contributed by atoms with Gasteiger partial charge in [0.1, 0.15) is 5.82 Å². The number of halogens is 3. The van der Waals surface area contributed by atoms with Gasteiger partial charge in [0.2, 0.25) is 0 Å². The van der Waals surface area contributed by atoms with E-state index in [1.807, 2.05) is 0 Å². The second-order valence-corrected chi connectivity index (χ2v) is 3.94. The van der Waals surface area contributed by atoms with Crippen molar-refractivity contribution in [1.82, 2.24) is 0 Å². The Bertz CT molecular complexity index is 486. The molecule has 1 atom stereocenters. The van der Waals surface area contributed by atoms with E-state index in [-0.39, 0.29) is 24.7 Å². The first kappa shape index (κ1) is 14.2. The van der Waals surface area contributed by atoms with Gasteiger partial charge in [-0.3, -0.25) is 9.59 Å². The lowest BCUT2D eigenvalue weighted by Crippen LogP contribution is -2.07. The molecule has 1 aromatic carbocycles. The zero-order valence-electron chi connectivity index (χ0n) is 9.54. The number of aldehydes is 1. The van der Waals surface area contributed by atoms with Crippen molar-refractivity contribution in [3.8, 4) is 0 Å². The Morgan fingerprint density at radius 3 is 2.50 bits per heavy atom. The summed E-state index contributed by atoms with van der Waals surface area (Å²) < 4.78 is 39.9. The van der Waals surface area contributed by atoms with E-state index < -0.39 is 34.9 Å². The van der Waals surface area contributed by atoms with Gasteiger partial charge in [-0.05, 0) is 24.0 Å². The molecule has 1 aromatic rings. The van der Waals surface area contributed by atoms with E-state index >= 15 is 0 Å². The molecule has 0 aliphatic rings. The third-order valence-electron chi connectivity index (χ3n) is 2.66. The number of carbonyl (C=O) groups excluding carboxylic acids is 1. The summed E-state index contributed by atoms with van der Waals surface area (Å²) in [6, 6.07) is 0.657. The van der Waals surface area contributed by atoms with Crippen molar-refractivity contribution in [2.75, 3.05) is 0 Å². The molecule has 0 saturated carbocycles. The number of hydrogen-bond acceptors (Lipinski definition) is 2. The summed E-state index contributed by atoms with van der Waals surface area (Å²) in [4.78, 5) is 20.9. The van der Waals surface area contributed by atoms with E-state index in [4.69, 9.17) is 5.11 Å². The van der Waals surface area contributed by atoms with E-state index in [9.17, 15) is 22.8 Å². The Balaban J connectivity index is 3.13. The Morgan fingerprint density at radius 2 is 2.00 bits per heavy atom. The van der Waals surface area contributed by atoms with Crippen LogP contribution in [0.1, 0.15) is 41.6 Å². The van der Waals surface area contributed by atoms with Crippen LogP contribution in [0.2, 0.25) is 0 Å². The first-order valence-electron chi connectivity index (χ1n) is 5.22. The molecule has 0 bridgehead atoms. The molecule has 0 heterocycles. The number of hydrogen-bond donors (Lipinski definition) is 1. The first-order valence-corrected chi connectivity index (χ1v) is 5.22. The highest BCUT2D eigenvalue weighted by Gasteiger charge is 2.21. The van der Waals surface area contributed by atoms with Gasteiger partial charge in [0.25, 0.3) is 0 Å². The molecule has 1 unspecified atom stereocenters. The third kappa shape index (κ3) is 2.88. The zero-order chi connectivity index (χ0) is 13.9. The molecule has 0 aromatic heterocycles. The van der Waals surface area contributed by atoms with E-state index in [0.717, 1.165) is 0 Å². The monoisotopic (exact) mass is 260 g/mol. The van der Waals surface area contributed by atoms with E-state index in [2.05, 4.69) is 0 Å². The van der Waals surface area contributed by atoms with Crippen LogP contribution < -0.4 is 0 Å². The normalized spacial score (nSPS) is 12.2. The molecule has 0 radical (unpaired) electrons. The van der Waals surface area contributed by atoms with Crippen LogP contribution in [0, 0.1) is 17.5 Å². The van der Waals surface area contributed by atoms with Crippen molar-refractivity contribution in [2.24, 2.45) is 0 Å². The zero-order valence-corrected chi connectivity index (χ0v) is 9.54. The average molecular weight is 260 g/mol. The van der Waals surface area contributed by atoms with Crippen LogP contribution in [-0.4, -0.2) is 17.4 Å². The minimum Gasteiger partial charge on any atom is -0.481 e. The number of benzene rings is 1. The minimum absolute atomic E-state index is 0.0651. The van der Waals surface area contributed by atoms with Crippen molar-refractivity contribution >= 4 is 12.3 Å². The fourth-order valence-corrected chi connectivity index (χ4v) is 1.60. The molecule has 0 aliphatic carbocycles. The molecule has 0 fully saturated rings. The lowest BCUT2D eigenvalue weighted by molar-refractivity contribution is -0.137. The summed E-state index contributed by atoms with van der Waals surface area (Å²) in [6.07, 6.45) is -0.257. The van der Waals surface area contributed by atoms with Crippen LogP contribution in [0.15, 0.2) is 6.07 Å². The fraction of sp³-hybridized carbons (Fsp3) is 0.333. The molecule has 1 rings (SSSR count). The lowest BCUT2D eigenvalue weighted by atomic mass is 9.93. The summed E-state index contributed by atoms with van der Waals surface area (Å²) in [5.41, 5.74) is -1.16. The van der Waals surface area contributed by atoms with Crippen LogP contribution >= 0.6 is 0 Å². The van der Waals surface area contributed by atoms with Crippen molar-refractivity contribution in [2.45, 2.75) is 25.7 Å². The van der Waals surface area contributed by atoms with Crippen LogP contribution in [-0.2, 0) is 4.79 Å². The molecule has 0 amide bonds. The third-order valence-corrected chi connectivity index (χ3v) is 2.66. The van der Waals surface area contributed by atoms with Crippen molar-refractivity contribution < 1.29 is 27.9 Å². The number of carboxylic acid groups (broad SMARTS) is 1. The number of carboxylic acids is 1. The molecule has 18 heavy (non-hydrogen) atoms. The molecule has 6 heteroatoms. The van der Waals surface area contributed by atoms with E-state index in [1.165, 1.54) is 6.92 Å². The van der Waals surface area contributed by atoms with Crippen molar-refractivity contribution in [3.05, 3.63) is 34.6 Å². The molecular formula is C12H11F3O3. The molecule has 1 N–H and O–H groups in total. The topological polar surface area (TPSA) is 54.4 Å². The summed E-state index contributed by atoms with van der Waals surface area (Å²) in [5, 5.41) is 8.49. The van der Waals surface area contributed by atoms with E-state index in [1.54, 1.807) is 0 Å². The smallest absolute Gasteiger partial charge is 0.303 e.